The van der Waals surface area contributed by atoms with Crippen molar-refractivity contribution in [1.29, 1.82) is 0 Å². The second-order valence-electron chi connectivity index (χ2n) is 7.80. The fraction of sp³-hybridized carbons (Fsp3) is 0.375. The Bertz CT molecular complexity index is 822. The zero-order valence-electron chi connectivity index (χ0n) is 17.1. The number of nitrogens with zero attached hydrogens (tertiary/aromatic N) is 2. The Morgan fingerprint density at radius 2 is 1.89 bits per heavy atom. The van der Waals surface area contributed by atoms with Crippen LogP contribution in [0.4, 0.5) is 0 Å². The molecule has 3 nitrogen and oxygen atoms in total. The van der Waals surface area contributed by atoms with Crippen LogP contribution in [0.25, 0.3) is 0 Å². The van der Waals surface area contributed by atoms with Crippen LogP contribution in [0.5, 0.6) is 5.88 Å². The van der Waals surface area contributed by atoms with Crippen LogP contribution < -0.4 is 4.74 Å². The maximum atomic E-state index is 5.88. The second-order valence-corrected chi connectivity index (χ2v) is 7.80. The van der Waals surface area contributed by atoms with E-state index in [1.165, 1.54) is 11.1 Å². The molecular formula is C24H30N2O. The van der Waals surface area contributed by atoms with Gasteiger partial charge in [-0.15, -0.1) is 0 Å². The third-order valence-corrected chi connectivity index (χ3v) is 3.92. The smallest absolute Gasteiger partial charge is 0.213 e. The number of ether oxygens (including phenoxy) is 1. The Morgan fingerprint density at radius 3 is 2.63 bits per heavy atom. The monoisotopic (exact) mass is 362 g/mol. The largest absolute Gasteiger partial charge is 0.473 e. The Morgan fingerprint density at radius 1 is 1.11 bits per heavy atom. The Kier molecular flexibility index (Phi) is 7.64. The van der Waals surface area contributed by atoms with E-state index in [1.54, 1.807) is 0 Å². The minimum atomic E-state index is 0.0406. The molecule has 0 bridgehead atoms. The quantitative estimate of drug-likeness (QED) is 0.648. The first-order valence-electron chi connectivity index (χ1n) is 9.33. The van der Waals surface area contributed by atoms with Crippen LogP contribution in [0, 0.1) is 24.2 Å². The van der Waals surface area contributed by atoms with Gasteiger partial charge in [0.15, 0.2) is 0 Å². The van der Waals surface area contributed by atoms with Gasteiger partial charge in [0, 0.05) is 24.6 Å². The minimum Gasteiger partial charge on any atom is -0.473 e. The predicted molar refractivity (Wildman–Crippen MR) is 112 cm³/mol. The van der Waals surface area contributed by atoms with E-state index < -0.39 is 0 Å². The van der Waals surface area contributed by atoms with Crippen molar-refractivity contribution >= 4 is 0 Å². The Balaban J connectivity index is 1.86. The fourth-order valence-corrected chi connectivity index (χ4v) is 2.44. The number of hydrogen-bond donors (Lipinski definition) is 0. The Labute approximate surface area is 164 Å². The molecule has 142 valence electrons. The molecule has 0 saturated heterocycles. The van der Waals surface area contributed by atoms with Crippen LogP contribution >= 0.6 is 0 Å². The molecule has 0 amide bonds. The summed E-state index contributed by atoms with van der Waals surface area (Å²) in [7, 11) is 2.07. The average molecular weight is 363 g/mol. The molecule has 0 N–H and O–H groups in total. The highest BCUT2D eigenvalue weighted by Gasteiger charge is 2.04. The van der Waals surface area contributed by atoms with Crippen molar-refractivity contribution in [1.82, 2.24) is 9.88 Å². The molecule has 0 aliphatic heterocycles. The minimum absolute atomic E-state index is 0.0406. The topological polar surface area (TPSA) is 25.4 Å². The van der Waals surface area contributed by atoms with E-state index in [4.69, 9.17) is 4.74 Å². The van der Waals surface area contributed by atoms with Crippen LogP contribution in [0.2, 0.25) is 0 Å². The van der Waals surface area contributed by atoms with Crippen LogP contribution in [-0.4, -0.2) is 23.5 Å². The molecule has 2 rings (SSSR count). The first-order chi connectivity index (χ1) is 12.8. The molecule has 0 aliphatic rings. The van der Waals surface area contributed by atoms with Crippen molar-refractivity contribution in [3.05, 3.63) is 71.4 Å². The molecule has 0 saturated carbocycles. The molecule has 2 aromatic rings. The summed E-state index contributed by atoms with van der Waals surface area (Å²) in [6.45, 7) is 10.6. The standard InChI is InChI=1S/C24H30N2O/c1-20-12-7-8-13-21(20)19-27-23-15-11-14-22(25-23)18-26(5)17-10-6-9-16-24(2,3)4/h6-8,10-15H,17-19H2,1-5H3/b10-6+. The van der Waals surface area contributed by atoms with Crippen molar-refractivity contribution in [2.45, 2.75) is 40.8 Å². The van der Waals surface area contributed by atoms with E-state index >= 15 is 0 Å². The van der Waals surface area contributed by atoms with E-state index in [0.29, 0.717) is 12.5 Å². The summed E-state index contributed by atoms with van der Waals surface area (Å²) in [5, 5.41) is 0. The molecule has 1 aromatic carbocycles. The van der Waals surface area contributed by atoms with Gasteiger partial charge < -0.3 is 4.74 Å². The summed E-state index contributed by atoms with van der Waals surface area (Å²) in [5.74, 6) is 6.96. The molecule has 0 aliphatic carbocycles. The third-order valence-electron chi connectivity index (χ3n) is 3.92. The zero-order chi connectivity index (χ0) is 19.7. The first kappa shape index (κ1) is 20.7. The number of allylic oxidation sites excluding steroid dienone is 1. The van der Waals surface area contributed by atoms with Crippen LogP contribution in [-0.2, 0) is 13.2 Å². The van der Waals surface area contributed by atoms with E-state index in [1.807, 2.05) is 36.4 Å². The van der Waals surface area contributed by atoms with E-state index in [0.717, 1.165) is 18.8 Å². The molecule has 0 fully saturated rings. The van der Waals surface area contributed by atoms with Crippen LogP contribution in [0.15, 0.2) is 54.6 Å². The first-order valence-corrected chi connectivity index (χ1v) is 9.33. The molecule has 0 unspecified atom stereocenters. The van der Waals surface area contributed by atoms with Gasteiger partial charge in [-0.1, -0.05) is 48.2 Å². The van der Waals surface area contributed by atoms with Crippen molar-refractivity contribution in [3.63, 3.8) is 0 Å². The van der Waals surface area contributed by atoms with Gasteiger partial charge in [-0.05, 0) is 58.0 Å². The normalized spacial score (nSPS) is 11.5. The van der Waals surface area contributed by atoms with Gasteiger partial charge >= 0.3 is 0 Å². The lowest BCUT2D eigenvalue weighted by atomic mass is 9.98. The lowest BCUT2D eigenvalue weighted by Crippen LogP contribution is -2.18. The van der Waals surface area contributed by atoms with E-state index in [-0.39, 0.29) is 5.41 Å². The van der Waals surface area contributed by atoms with Gasteiger partial charge in [-0.3, -0.25) is 4.90 Å². The number of pyridine rings is 1. The number of likely N-dealkylation sites (N-methyl/N-ethyl adjacent to an activating group) is 1. The van der Waals surface area contributed by atoms with Gasteiger partial charge in [0.25, 0.3) is 0 Å². The summed E-state index contributed by atoms with van der Waals surface area (Å²) in [6, 6.07) is 14.2. The maximum Gasteiger partial charge on any atom is 0.213 e. The van der Waals surface area contributed by atoms with Crippen LogP contribution in [0.1, 0.15) is 37.6 Å². The summed E-state index contributed by atoms with van der Waals surface area (Å²) in [6.07, 6.45) is 4.01. The van der Waals surface area contributed by atoms with Crippen molar-refractivity contribution in [3.8, 4) is 17.7 Å². The summed E-state index contributed by atoms with van der Waals surface area (Å²) < 4.78 is 5.88. The Hall–Kier alpha value is -2.57. The maximum absolute atomic E-state index is 5.88. The van der Waals surface area contributed by atoms with Gasteiger partial charge in [-0.25, -0.2) is 4.98 Å². The molecular weight excluding hydrogens is 332 g/mol. The summed E-state index contributed by atoms with van der Waals surface area (Å²) in [4.78, 5) is 6.82. The van der Waals surface area contributed by atoms with Crippen LogP contribution in [0.3, 0.4) is 0 Å². The van der Waals surface area contributed by atoms with Gasteiger partial charge in [0.1, 0.15) is 6.61 Å². The van der Waals surface area contributed by atoms with Gasteiger partial charge in [-0.2, -0.15) is 0 Å². The molecule has 1 aromatic heterocycles. The highest BCUT2D eigenvalue weighted by molar-refractivity contribution is 5.25. The number of aromatic nitrogens is 1. The lowest BCUT2D eigenvalue weighted by molar-refractivity contribution is 0.289. The second kappa shape index (κ2) is 9.94. The van der Waals surface area contributed by atoms with E-state index in [9.17, 15) is 0 Å². The van der Waals surface area contributed by atoms with E-state index in [2.05, 4.69) is 74.7 Å². The molecule has 0 spiro atoms. The molecule has 3 heteroatoms. The average Bonchev–Trinajstić information content (AvgIpc) is 2.60. The molecule has 0 radical (unpaired) electrons. The zero-order valence-corrected chi connectivity index (χ0v) is 17.1. The van der Waals surface area contributed by atoms with Crippen molar-refractivity contribution < 1.29 is 4.74 Å². The number of aryl methyl sites for hydroxylation is 1. The highest BCUT2D eigenvalue weighted by atomic mass is 16.5. The van der Waals surface area contributed by atoms with Gasteiger partial charge in [0.2, 0.25) is 5.88 Å². The lowest BCUT2D eigenvalue weighted by Gasteiger charge is -2.14. The molecule has 0 atom stereocenters. The third kappa shape index (κ3) is 8.11. The number of benzene rings is 1. The fourth-order valence-electron chi connectivity index (χ4n) is 2.44. The summed E-state index contributed by atoms with van der Waals surface area (Å²) in [5.41, 5.74) is 3.45. The van der Waals surface area contributed by atoms with Crippen molar-refractivity contribution in [2.24, 2.45) is 5.41 Å². The number of hydrogen-bond acceptors (Lipinski definition) is 3. The highest BCUT2D eigenvalue weighted by Crippen LogP contribution is 2.14. The van der Waals surface area contributed by atoms with Crippen molar-refractivity contribution in [2.75, 3.05) is 13.6 Å². The van der Waals surface area contributed by atoms with Gasteiger partial charge in [0.05, 0.1) is 5.69 Å². The summed E-state index contributed by atoms with van der Waals surface area (Å²) >= 11 is 0. The molecule has 27 heavy (non-hydrogen) atoms. The SMILES string of the molecule is Cc1ccccc1COc1cccc(CN(C)C/C=C/C#CC(C)(C)C)n1. The molecule has 1 heterocycles. The number of rotatable bonds is 7. The predicted octanol–water partition coefficient (Wildman–Crippen LogP) is 5.01.